The summed E-state index contributed by atoms with van der Waals surface area (Å²) in [6.07, 6.45) is -0.232. The minimum atomic E-state index is -0.894. The average Bonchev–Trinajstić information content (AvgIpc) is 2.39. The molecule has 8 nitrogen and oxygen atoms in total. The van der Waals surface area contributed by atoms with Crippen molar-refractivity contribution in [3.63, 3.8) is 0 Å². The van der Waals surface area contributed by atoms with Crippen molar-refractivity contribution < 1.29 is 34.0 Å². The molecule has 0 aliphatic rings. The van der Waals surface area contributed by atoms with Crippen molar-refractivity contribution in [1.29, 1.82) is 0 Å². The highest BCUT2D eigenvalue weighted by molar-refractivity contribution is 5.67. The molecule has 0 aromatic heterocycles. The second-order valence-electron chi connectivity index (χ2n) is 6.03. The van der Waals surface area contributed by atoms with Gasteiger partial charge in [0.1, 0.15) is 5.60 Å². The van der Waals surface area contributed by atoms with Gasteiger partial charge in [-0.2, -0.15) is 0 Å². The van der Waals surface area contributed by atoms with Crippen LogP contribution in [-0.2, 0) is 19.0 Å². The van der Waals surface area contributed by atoms with E-state index in [1.807, 2.05) is 0 Å². The van der Waals surface area contributed by atoms with Gasteiger partial charge in [-0.15, -0.1) is 0 Å². The predicted octanol–water partition coefficient (Wildman–Crippen LogP) is 1.16. The topological polar surface area (TPSA) is 114 Å². The summed E-state index contributed by atoms with van der Waals surface area (Å²) in [7, 11) is 0. The van der Waals surface area contributed by atoms with E-state index in [0.29, 0.717) is 39.2 Å². The number of alkyl carbamates (subject to hydrolysis) is 1. The van der Waals surface area contributed by atoms with Gasteiger partial charge in [0.2, 0.25) is 0 Å². The first kappa shape index (κ1) is 21.6. The Bertz CT molecular complexity index is 341. The van der Waals surface area contributed by atoms with Gasteiger partial charge in [0, 0.05) is 13.2 Å². The first-order valence-electron chi connectivity index (χ1n) is 7.73. The molecule has 1 atom stereocenters. The molecule has 0 aromatic carbocycles. The van der Waals surface area contributed by atoms with Crippen LogP contribution in [0.25, 0.3) is 0 Å². The van der Waals surface area contributed by atoms with Crippen LogP contribution in [0.15, 0.2) is 0 Å². The molecule has 3 N–H and O–H groups in total. The summed E-state index contributed by atoms with van der Waals surface area (Å²) >= 11 is 0. The lowest BCUT2D eigenvalue weighted by Crippen LogP contribution is -2.34. The fraction of sp³-hybridized carbons (Fsp3) is 0.867. The lowest BCUT2D eigenvalue weighted by atomic mass is 10.2. The van der Waals surface area contributed by atoms with Crippen LogP contribution in [0.4, 0.5) is 4.79 Å². The summed E-state index contributed by atoms with van der Waals surface area (Å²) in [5, 5.41) is 20.7. The Balaban J connectivity index is 3.42. The van der Waals surface area contributed by atoms with E-state index in [9.17, 15) is 14.7 Å². The van der Waals surface area contributed by atoms with E-state index < -0.39 is 23.8 Å². The molecule has 23 heavy (non-hydrogen) atoms. The number of amides is 1. The highest BCUT2D eigenvalue weighted by Gasteiger charge is 2.15. The van der Waals surface area contributed by atoms with Crippen LogP contribution in [0.5, 0.6) is 0 Å². The number of rotatable bonds is 12. The molecule has 136 valence electrons. The van der Waals surface area contributed by atoms with Crippen molar-refractivity contribution in [2.45, 2.75) is 51.7 Å². The lowest BCUT2D eigenvalue weighted by molar-refractivity contribution is -0.138. The first-order valence-corrected chi connectivity index (χ1v) is 7.73. The third kappa shape index (κ3) is 16.8. The van der Waals surface area contributed by atoms with Gasteiger partial charge in [-0.1, -0.05) is 0 Å². The zero-order chi connectivity index (χ0) is 17.7. The second kappa shape index (κ2) is 12.1. The second-order valence-corrected chi connectivity index (χ2v) is 6.03. The molecule has 0 saturated carbocycles. The van der Waals surface area contributed by atoms with Gasteiger partial charge in [-0.3, -0.25) is 4.79 Å². The van der Waals surface area contributed by atoms with E-state index in [-0.39, 0.29) is 13.0 Å². The maximum atomic E-state index is 11.4. The number of aliphatic hydroxyl groups is 1. The van der Waals surface area contributed by atoms with Crippen molar-refractivity contribution in [1.82, 2.24) is 5.32 Å². The summed E-state index contributed by atoms with van der Waals surface area (Å²) in [5.74, 6) is -0.894. The van der Waals surface area contributed by atoms with E-state index in [1.165, 1.54) is 0 Å². The van der Waals surface area contributed by atoms with Gasteiger partial charge in [-0.05, 0) is 33.6 Å². The van der Waals surface area contributed by atoms with Crippen LogP contribution in [-0.4, -0.2) is 67.0 Å². The highest BCUT2D eigenvalue weighted by atomic mass is 16.6. The quantitative estimate of drug-likeness (QED) is 0.458. The van der Waals surface area contributed by atoms with Gasteiger partial charge in [0.05, 0.1) is 32.3 Å². The predicted molar refractivity (Wildman–Crippen MR) is 83.4 cm³/mol. The summed E-state index contributed by atoms with van der Waals surface area (Å²) in [5.41, 5.74) is -0.539. The third-order valence-electron chi connectivity index (χ3n) is 2.57. The number of hydrogen-bond acceptors (Lipinski definition) is 6. The van der Waals surface area contributed by atoms with Crippen LogP contribution in [0.2, 0.25) is 0 Å². The van der Waals surface area contributed by atoms with Crippen molar-refractivity contribution in [3.8, 4) is 0 Å². The van der Waals surface area contributed by atoms with Gasteiger partial charge >= 0.3 is 12.1 Å². The number of carboxylic acid groups (broad SMARTS) is 1. The first-order chi connectivity index (χ1) is 10.7. The standard InChI is InChI=1S/C15H29NO7/c1-15(2,3)23-14(20)16-7-4-12(17)5-8-21-10-11-22-9-6-13(18)19/h12,17H,4-11H2,1-3H3,(H,16,20)(H,18,19). The maximum Gasteiger partial charge on any atom is 0.407 e. The van der Waals surface area contributed by atoms with Crippen LogP contribution < -0.4 is 5.32 Å². The van der Waals surface area contributed by atoms with E-state index in [4.69, 9.17) is 19.3 Å². The molecule has 8 heteroatoms. The summed E-state index contributed by atoms with van der Waals surface area (Å²) < 4.78 is 15.4. The molecule has 0 aliphatic carbocycles. The van der Waals surface area contributed by atoms with E-state index >= 15 is 0 Å². The molecular weight excluding hydrogens is 306 g/mol. The molecule has 0 aromatic rings. The Hall–Kier alpha value is -1.38. The number of carbonyl (C=O) groups excluding carboxylic acids is 1. The Kier molecular flexibility index (Phi) is 11.4. The number of aliphatic hydroxyl groups excluding tert-OH is 1. The number of carbonyl (C=O) groups is 2. The molecule has 0 saturated heterocycles. The molecule has 1 unspecified atom stereocenters. The zero-order valence-corrected chi connectivity index (χ0v) is 14.2. The summed E-state index contributed by atoms with van der Waals surface area (Å²) in [6.45, 7) is 6.88. The third-order valence-corrected chi connectivity index (χ3v) is 2.57. The van der Waals surface area contributed by atoms with Crippen LogP contribution in [0, 0.1) is 0 Å². The monoisotopic (exact) mass is 335 g/mol. The smallest absolute Gasteiger partial charge is 0.407 e. The van der Waals surface area contributed by atoms with Crippen molar-refractivity contribution in [2.75, 3.05) is 33.0 Å². The normalized spacial score (nSPS) is 12.7. The molecule has 1 amide bonds. The molecule has 0 aliphatic heterocycles. The number of carboxylic acids is 1. The van der Waals surface area contributed by atoms with Crippen LogP contribution >= 0.6 is 0 Å². The fourth-order valence-corrected chi connectivity index (χ4v) is 1.50. The zero-order valence-electron chi connectivity index (χ0n) is 14.2. The van der Waals surface area contributed by atoms with Gasteiger partial charge in [0.15, 0.2) is 0 Å². The van der Waals surface area contributed by atoms with E-state index in [1.54, 1.807) is 20.8 Å². The highest BCUT2D eigenvalue weighted by Crippen LogP contribution is 2.06. The molecule has 0 heterocycles. The van der Waals surface area contributed by atoms with Crippen molar-refractivity contribution in [2.24, 2.45) is 0 Å². The van der Waals surface area contributed by atoms with Crippen molar-refractivity contribution >= 4 is 12.1 Å². The van der Waals surface area contributed by atoms with Gasteiger partial charge in [0.25, 0.3) is 0 Å². The number of nitrogens with one attached hydrogen (secondary N) is 1. The number of hydrogen-bond donors (Lipinski definition) is 3. The molecule has 0 bridgehead atoms. The molecule has 0 fully saturated rings. The Labute approximate surface area is 137 Å². The number of ether oxygens (including phenoxy) is 3. The number of aliphatic carboxylic acids is 1. The summed E-state index contributed by atoms with van der Waals surface area (Å²) in [6, 6.07) is 0. The van der Waals surface area contributed by atoms with E-state index in [0.717, 1.165) is 0 Å². The van der Waals surface area contributed by atoms with Crippen molar-refractivity contribution in [3.05, 3.63) is 0 Å². The molecular formula is C15H29NO7. The largest absolute Gasteiger partial charge is 0.481 e. The minimum absolute atomic E-state index is 0.0244. The maximum absolute atomic E-state index is 11.4. The lowest BCUT2D eigenvalue weighted by Gasteiger charge is -2.20. The van der Waals surface area contributed by atoms with Gasteiger partial charge < -0.3 is 29.7 Å². The Morgan fingerprint density at radius 1 is 1.04 bits per heavy atom. The molecule has 0 spiro atoms. The Morgan fingerprint density at radius 2 is 1.65 bits per heavy atom. The van der Waals surface area contributed by atoms with E-state index in [2.05, 4.69) is 5.32 Å². The SMILES string of the molecule is CC(C)(C)OC(=O)NCCC(O)CCOCCOCCC(=O)O. The fourth-order valence-electron chi connectivity index (χ4n) is 1.50. The van der Waals surface area contributed by atoms with Crippen LogP contribution in [0.3, 0.4) is 0 Å². The molecule has 0 rings (SSSR count). The molecule has 0 radical (unpaired) electrons. The minimum Gasteiger partial charge on any atom is -0.481 e. The average molecular weight is 335 g/mol. The Morgan fingerprint density at radius 3 is 2.22 bits per heavy atom. The van der Waals surface area contributed by atoms with Gasteiger partial charge in [-0.25, -0.2) is 4.79 Å². The van der Waals surface area contributed by atoms with Crippen LogP contribution in [0.1, 0.15) is 40.0 Å². The summed E-state index contributed by atoms with van der Waals surface area (Å²) in [4.78, 5) is 21.6.